The number of fused-ring (bicyclic) bond motifs is 3. The predicted octanol–water partition coefficient (Wildman–Crippen LogP) is 4.08. The van der Waals surface area contributed by atoms with Gasteiger partial charge < -0.3 is 0 Å². The minimum atomic E-state index is -1.90. The van der Waals surface area contributed by atoms with Gasteiger partial charge in [0.25, 0.3) is 11.4 Å². The lowest BCUT2D eigenvalue weighted by atomic mass is 9.78. The van der Waals surface area contributed by atoms with Gasteiger partial charge in [0.1, 0.15) is 6.04 Å². The van der Waals surface area contributed by atoms with E-state index in [0.717, 1.165) is 0 Å². The Morgan fingerprint density at radius 3 is 2.50 bits per heavy atom. The third kappa shape index (κ3) is 2.27. The standard InChI is InChI=1S/C22H15ClN4O3/c1-2-15-11-21(12-24,13-25)20-22(15,27(29)30)17-10-16(23)8-9-18(17)26(20)19(28)14-6-4-3-5-7-14/h2-10,15,20H,1,11H2/t15-,20-,22+/m0/s1. The Morgan fingerprint density at radius 1 is 1.27 bits per heavy atom. The van der Waals surface area contributed by atoms with Gasteiger partial charge >= 0.3 is 0 Å². The van der Waals surface area contributed by atoms with Gasteiger partial charge in [0.05, 0.1) is 29.3 Å². The van der Waals surface area contributed by atoms with Crippen LogP contribution in [0.4, 0.5) is 5.69 Å². The van der Waals surface area contributed by atoms with E-state index in [1.165, 1.54) is 29.2 Å². The molecule has 0 radical (unpaired) electrons. The van der Waals surface area contributed by atoms with Crippen LogP contribution < -0.4 is 4.90 Å². The first-order valence-electron chi connectivity index (χ1n) is 9.15. The van der Waals surface area contributed by atoms with Crippen molar-refractivity contribution in [2.45, 2.75) is 18.0 Å². The van der Waals surface area contributed by atoms with Gasteiger partial charge in [-0.15, -0.1) is 6.58 Å². The molecule has 0 saturated heterocycles. The molecule has 0 bridgehead atoms. The molecule has 30 heavy (non-hydrogen) atoms. The van der Waals surface area contributed by atoms with Crippen LogP contribution in [0, 0.1) is 44.1 Å². The zero-order valence-corrected chi connectivity index (χ0v) is 16.4. The molecule has 1 aliphatic carbocycles. The third-order valence-electron chi connectivity index (χ3n) is 6.12. The fourth-order valence-corrected chi connectivity index (χ4v) is 5.09. The Kier molecular flexibility index (Phi) is 4.38. The number of carbonyl (C=O) groups excluding carboxylic acids is 1. The smallest absolute Gasteiger partial charge is 0.278 e. The molecule has 148 valence electrons. The lowest BCUT2D eigenvalue weighted by molar-refractivity contribution is -0.585. The monoisotopic (exact) mass is 418 g/mol. The number of hydrogen-bond donors (Lipinski definition) is 0. The van der Waals surface area contributed by atoms with Gasteiger partial charge in [-0.05, 0) is 36.8 Å². The molecule has 1 saturated carbocycles. The first-order valence-corrected chi connectivity index (χ1v) is 9.53. The van der Waals surface area contributed by atoms with Crippen LogP contribution in [0.3, 0.4) is 0 Å². The van der Waals surface area contributed by atoms with Gasteiger partial charge in [0, 0.05) is 15.5 Å². The zero-order chi connectivity index (χ0) is 21.7. The largest absolute Gasteiger partial charge is 0.294 e. The van der Waals surface area contributed by atoms with Crippen LogP contribution in [0.5, 0.6) is 0 Å². The van der Waals surface area contributed by atoms with Crippen LogP contribution >= 0.6 is 11.6 Å². The number of rotatable bonds is 3. The molecular formula is C22H15ClN4O3. The van der Waals surface area contributed by atoms with Crippen molar-refractivity contribution in [2.75, 3.05) is 4.90 Å². The van der Waals surface area contributed by atoms with Crippen LogP contribution in [-0.2, 0) is 5.54 Å². The molecule has 0 spiro atoms. The Hall–Kier alpha value is -3.68. The molecule has 2 aromatic rings. The van der Waals surface area contributed by atoms with E-state index in [1.807, 2.05) is 12.1 Å². The molecule has 1 fully saturated rings. The molecule has 2 aliphatic rings. The van der Waals surface area contributed by atoms with Gasteiger partial charge in [-0.2, -0.15) is 10.5 Å². The van der Waals surface area contributed by atoms with Crippen molar-refractivity contribution in [3.63, 3.8) is 0 Å². The highest BCUT2D eigenvalue weighted by Gasteiger charge is 2.78. The van der Waals surface area contributed by atoms with Crippen molar-refractivity contribution in [1.82, 2.24) is 0 Å². The molecule has 1 heterocycles. The van der Waals surface area contributed by atoms with E-state index < -0.39 is 33.7 Å². The highest BCUT2D eigenvalue weighted by atomic mass is 35.5. The number of hydrogen-bond acceptors (Lipinski definition) is 5. The van der Waals surface area contributed by atoms with Crippen molar-refractivity contribution in [2.24, 2.45) is 11.3 Å². The summed E-state index contributed by atoms with van der Waals surface area (Å²) in [4.78, 5) is 26.9. The molecule has 1 aliphatic heterocycles. The molecule has 0 unspecified atom stereocenters. The summed E-state index contributed by atoms with van der Waals surface area (Å²) < 4.78 is 0. The second-order valence-electron chi connectivity index (χ2n) is 7.43. The average Bonchev–Trinajstić information content (AvgIpc) is 3.23. The highest BCUT2D eigenvalue weighted by molar-refractivity contribution is 6.30. The molecule has 4 rings (SSSR count). The van der Waals surface area contributed by atoms with Crippen molar-refractivity contribution < 1.29 is 9.72 Å². The maximum atomic E-state index is 13.5. The number of amides is 1. The van der Waals surface area contributed by atoms with Crippen LogP contribution in [-0.4, -0.2) is 16.9 Å². The number of benzene rings is 2. The van der Waals surface area contributed by atoms with E-state index in [1.54, 1.807) is 30.3 Å². The number of halogens is 1. The Morgan fingerprint density at radius 2 is 1.93 bits per heavy atom. The molecule has 7 nitrogen and oxygen atoms in total. The van der Waals surface area contributed by atoms with Crippen molar-refractivity contribution in [3.8, 4) is 12.1 Å². The maximum absolute atomic E-state index is 13.5. The quantitative estimate of drug-likeness (QED) is 0.423. The lowest BCUT2D eigenvalue weighted by Gasteiger charge is -2.32. The first kappa shape index (κ1) is 19.6. The number of nitrogens with zero attached hydrogens (tertiary/aromatic N) is 4. The normalized spacial score (nSPS) is 25.5. The van der Waals surface area contributed by atoms with Crippen molar-refractivity contribution >= 4 is 23.2 Å². The van der Waals surface area contributed by atoms with E-state index in [9.17, 15) is 25.4 Å². The Balaban J connectivity index is 2.09. The molecule has 3 atom stereocenters. The van der Waals surface area contributed by atoms with Crippen molar-refractivity contribution in [3.05, 3.63) is 87.4 Å². The van der Waals surface area contributed by atoms with E-state index in [4.69, 9.17) is 11.6 Å². The molecule has 8 heteroatoms. The Labute approximate surface area is 177 Å². The SMILES string of the molecule is C=C[C@H]1CC(C#N)(C#N)[C@@H]2N(C(=O)c3ccccc3)c3ccc(Cl)cc3[C@]12[N+](=O)[O-]. The van der Waals surface area contributed by atoms with Crippen molar-refractivity contribution in [1.29, 1.82) is 10.5 Å². The Bertz CT molecular complexity index is 1150. The maximum Gasteiger partial charge on any atom is 0.278 e. The second kappa shape index (κ2) is 6.69. The number of anilines is 1. The number of nitro groups is 1. The van der Waals surface area contributed by atoms with Gasteiger partial charge in [0.2, 0.25) is 0 Å². The fourth-order valence-electron chi connectivity index (χ4n) is 4.92. The second-order valence-corrected chi connectivity index (χ2v) is 7.87. The lowest BCUT2D eigenvalue weighted by Crippen LogP contribution is -2.55. The topological polar surface area (TPSA) is 111 Å². The minimum Gasteiger partial charge on any atom is -0.294 e. The number of nitriles is 2. The van der Waals surface area contributed by atoms with Gasteiger partial charge in [-0.1, -0.05) is 35.9 Å². The molecule has 0 aromatic heterocycles. The fraction of sp³-hybridized carbons (Fsp3) is 0.227. The summed E-state index contributed by atoms with van der Waals surface area (Å²) in [6.45, 7) is 3.73. The summed E-state index contributed by atoms with van der Waals surface area (Å²) >= 11 is 6.17. The summed E-state index contributed by atoms with van der Waals surface area (Å²) in [5, 5.41) is 32.9. The first-order chi connectivity index (χ1) is 14.4. The van der Waals surface area contributed by atoms with Crippen LogP contribution in [0.15, 0.2) is 61.2 Å². The number of carbonyl (C=O) groups is 1. The zero-order valence-electron chi connectivity index (χ0n) is 15.7. The molecule has 0 N–H and O–H groups in total. The summed E-state index contributed by atoms with van der Waals surface area (Å²) in [6, 6.07) is 15.4. The highest BCUT2D eigenvalue weighted by Crippen LogP contribution is 2.63. The summed E-state index contributed by atoms with van der Waals surface area (Å²) in [6.07, 6.45) is 1.28. The molecular weight excluding hydrogens is 404 g/mol. The van der Waals surface area contributed by atoms with Crippen LogP contribution in [0.1, 0.15) is 22.3 Å². The average molecular weight is 419 g/mol. The van der Waals surface area contributed by atoms with Gasteiger partial charge in [-0.3, -0.25) is 19.8 Å². The summed E-state index contributed by atoms with van der Waals surface area (Å²) in [5.41, 5.74) is -2.91. The minimum absolute atomic E-state index is 0.111. The molecule has 2 aromatic carbocycles. The predicted molar refractivity (Wildman–Crippen MR) is 109 cm³/mol. The van der Waals surface area contributed by atoms with E-state index in [-0.39, 0.29) is 22.7 Å². The van der Waals surface area contributed by atoms with Crippen LogP contribution in [0.2, 0.25) is 5.02 Å². The summed E-state index contributed by atoms with van der Waals surface area (Å²) in [5.74, 6) is -1.37. The van der Waals surface area contributed by atoms with Gasteiger partial charge in [0.15, 0.2) is 5.41 Å². The molecule has 1 amide bonds. The van der Waals surface area contributed by atoms with E-state index >= 15 is 0 Å². The van der Waals surface area contributed by atoms with Gasteiger partial charge in [-0.25, -0.2) is 0 Å². The van der Waals surface area contributed by atoms with E-state index in [0.29, 0.717) is 5.56 Å². The third-order valence-corrected chi connectivity index (χ3v) is 6.36. The summed E-state index contributed by atoms with van der Waals surface area (Å²) in [7, 11) is 0. The van der Waals surface area contributed by atoms with Crippen LogP contribution in [0.25, 0.3) is 0 Å². The van der Waals surface area contributed by atoms with E-state index in [2.05, 4.69) is 6.58 Å².